The zero-order chi connectivity index (χ0) is 15.2. The van der Waals surface area contributed by atoms with E-state index in [0.29, 0.717) is 18.0 Å². The van der Waals surface area contributed by atoms with E-state index in [2.05, 4.69) is 74.3 Å². The summed E-state index contributed by atoms with van der Waals surface area (Å²) in [5.74, 6) is 0.692. The molecule has 0 aliphatic carbocycles. The van der Waals surface area contributed by atoms with Crippen LogP contribution in [0.1, 0.15) is 33.3 Å². The summed E-state index contributed by atoms with van der Waals surface area (Å²) in [5.41, 5.74) is 2.85. The molecule has 1 aromatic rings. The first-order chi connectivity index (χ1) is 10.1. The summed E-state index contributed by atoms with van der Waals surface area (Å²) in [6, 6.07) is 12.1. The van der Waals surface area contributed by atoms with Crippen molar-refractivity contribution in [3.8, 4) is 0 Å². The normalized spacial score (nSPS) is 23.3. The molecule has 0 bridgehead atoms. The lowest BCUT2D eigenvalue weighted by Crippen LogP contribution is -2.58. The van der Waals surface area contributed by atoms with E-state index in [4.69, 9.17) is 0 Å². The molecule has 1 aliphatic heterocycles. The molecular weight excluding hydrogens is 256 g/mol. The number of rotatable bonds is 5. The molecular formula is C19H30N2. The van der Waals surface area contributed by atoms with Gasteiger partial charge in [0.1, 0.15) is 0 Å². The maximum Gasteiger partial charge on any atom is 0.0265 e. The van der Waals surface area contributed by atoms with Crippen molar-refractivity contribution >= 4 is 0 Å². The Labute approximate surface area is 130 Å². The van der Waals surface area contributed by atoms with Crippen LogP contribution >= 0.6 is 0 Å². The predicted octanol–water partition coefficient (Wildman–Crippen LogP) is 3.49. The first-order valence-corrected chi connectivity index (χ1v) is 8.21. The average molecular weight is 286 g/mol. The molecule has 0 aromatic heterocycles. The summed E-state index contributed by atoms with van der Waals surface area (Å²) in [6.07, 6.45) is 3.50. The Bertz CT molecular complexity index is 446. The Hall–Kier alpha value is -1.12. The molecule has 116 valence electrons. The number of hydrogen-bond acceptors (Lipinski definition) is 2. The van der Waals surface area contributed by atoms with E-state index in [1.165, 1.54) is 11.1 Å². The smallest absolute Gasteiger partial charge is 0.0265 e. The largest absolute Gasteiger partial charge is 0.311 e. The van der Waals surface area contributed by atoms with Crippen molar-refractivity contribution in [3.05, 3.63) is 47.5 Å². The summed E-state index contributed by atoms with van der Waals surface area (Å²) < 4.78 is 0. The number of nitrogens with zero attached hydrogens (tertiary/aromatic N) is 1. The van der Waals surface area contributed by atoms with Crippen molar-refractivity contribution in [3.63, 3.8) is 0 Å². The minimum atomic E-state index is 0.595. The summed E-state index contributed by atoms with van der Waals surface area (Å²) in [7, 11) is 0. The van der Waals surface area contributed by atoms with Gasteiger partial charge in [-0.15, -0.1) is 0 Å². The molecule has 2 unspecified atom stereocenters. The van der Waals surface area contributed by atoms with E-state index in [-0.39, 0.29) is 0 Å². The summed E-state index contributed by atoms with van der Waals surface area (Å²) in [6.45, 7) is 12.3. The van der Waals surface area contributed by atoms with Gasteiger partial charge in [-0.3, -0.25) is 4.90 Å². The molecule has 1 aromatic carbocycles. The molecule has 0 amide bonds. The second-order valence-electron chi connectivity index (χ2n) is 6.84. The van der Waals surface area contributed by atoms with Crippen LogP contribution in [0, 0.1) is 5.92 Å². The highest BCUT2D eigenvalue weighted by atomic mass is 15.2. The molecule has 0 saturated carbocycles. The fraction of sp³-hybridized carbons (Fsp3) is 0.579. The fourth-order valence-electron chi connectivity index (χ4n) is 2.94. The van der Waals surface area contributed by atoms with Crippen LogP contribution < -0.4 is 5.32 Å². The summed E-state index contributed by atoms with van der Waals surface area (Å²) in [4.78, 5) is 2.65. The van der Waals surface area contributed by atoms with Crippen LogP contribution in [-0.4, -0.2) is 36.6 Å². The highest BCUT2D eigenvalue weighted by Crippen LogP contribution is 2.17. The summed E-state index contributed by atoms with van der Waals surface area (Å²) >= 11 is 0. The minimum Gasteiger partial charge on any atom is -0.311 e. The number of hydrogen-bond donors (Lipinski definition) is 1. The molecule has 2 nitrogen and oxygen atoms in total. The Morgan fingerprint density at radius 2 is 2.00 bits per heavy atom. The van der Waals surface area contributed by atoms with Crippen LogP contribution in [-0.2, 0) is 6.42 Å². The predicted molar refractivity (Wildman–Crippen MR) is 91.6 cm³/mol. The van der Waals surface area contributed by atoms with Gasteiger partial charge in [-0.1, -0.05) is 55.8 Å². The maximum absolute atomic E-state index is 3.74. The van der Waals surface area contributed by atoms with Gasteiger partial charge in [0.25, 0.3) is 0 Å². The molecule has 2 heteroatoms. The van der Waals surface area contributed by atoms with E-state index in [9.17, 15) is 0 Å². The third kappa shape index (κ3) is 4.98. The first kappa shape index (κ1) is 16.3. The molecule has 0 radical (unpaired) electrons. The number of benzene rings is 1. The van der Waals surface area contributed by atoms with Crippen LogP contribution in [0.5, 0.6) is 0 Å². The molecule has 1 aliphatic rings. The van der Waals surface area contributed by atoms with E-state index in [1.54, 1.807) is 0 Å². The van der Waals surface area contributed by atoms with Gasteiger partial charge in [-0.25, -0.2) is 0 Å². The van der Waals surface area contributed by atoms with E-state index in [0.717, 1.165) is 26.1 Å². The van der Waals surface area contributed by atoms with Crippen molar-refractivity contribution in [2.45, 2.75) is 46.2 Å². The molecule has 0 spiro atoms. The van der Waals surface area contributed by atoms with Gasteiger partial charge >= 0.3 is 0 Å². The second-order valence-corrected chi connectivity index (χ2v) is 6.84. The van der Waals surface area contributed by atoms with Gasteiger partial charge in [0.05, 0.1) is 0 Å². The Morgan fingerprint density at radius 3 is 2.62 bits per heavy atom. The average Bonchev–Trinajstić information content (AvgIpc) is 2.47. The van der Waals surface area contributed by atoms with E-state index in [1.807, 2.05) is 0 Å². The standard InChI is InChI=1S/C19H30N2/c1-15(2)10-11-21-14-19(16(3)4)20-13-18(21)12-17-8-6-5-7-9-17/h5-10,16,18-20H,11-14H2,1-4H3. The number of allylic oxidation sites excluding steroid dienone is 1. The molecule has 1 saturated heterocycles. The second kappa shape index (κ2) is 7.77. The number of piperazine rings is 1. The highest BCUT2D eigenvalue weighted by molar-refractivity contribution is 5.16. The Balaban J connectivity index is 2.04. The quantitative estimate of drug-likeness (QED) is 0.834. The van der Waals surface area contributed by atoms with Crippen LogP contribution in [0.4, 0.5) is 0 Å². The third-order valence-electron chi connectivity index (χ3n) is 4.42. The van der Waals surface area contributed by atoms with Gasteiger partial charge in [0, 0.05) is 31.7 Å². The fourth-order valence-corrected chi connectivity index (χ4v) is 2.94. The van der Waals surface area contributed by atoms with Crippen molar-refractivity contribution in [1.82, 2.24) is 10.2 Å². The van der Waals surface area contributed by atoms with Crippen LogP contribution in [0.15, 0.2) is 42.0 Å². The summed E-state index contributed by atoms with van der Waals surface area (Å²) in [5, 5.41) is 3.74. The Kier molecular flexibility index (Phi) is 6.01. The van der Waals surface area contributed by atoms with Crippen molar-refractivity contribution in [1.29, 1.82) is 0 Å². The molecule has 1 N–H and O–H groups in total. The lowest BCUT2D eigenvalue weighted by atomic mass is 9.96. The van der Waals surface area contributed by atoms with Gasteiger partial charge in [-0.2, -0.15) is 0 Å². The van der Waals surface area contributed by atoms with Gasteiger partial charge in [0.2, 0.25) is 0 Å². The zero-order valence-corrected chi connectivity index (χ0v) is 14.0. The topological polar surface area (TPSA) is 15.3 Å². The monoisotopic (exact) mass is 286 g/mol. The highest BCUT2D eigenvalue weighted by Gasteiger charge is 2.28. The van der Waals surface area contributed by atoms with E-state index < -0.39 is 0 Å². The lowest BCUT2D eigenvalue weighted by molar-refractivity contribution is 0.126. The molecule has 1 heterocycles. The van der Waals surface area contributed by atoms with Crippen LogP contribution in [0.3, 0.4) is 0 Å². The minimum absolute atomic E-state index is 0.595. The van der Waals surface area contributed by atoms with Crippen LogP contribution in [0.25, 0.3) is 0 Å². The molecule has 1 fully saturated rings. The van der Waals surface area contributed by atoms with Crippen molar-refractivity contribution in [2.24, 2.45) is 5.92 Å². The molecule has 2 atom stereocenters. The Morgan fingerprint density at radius 1 is 1.29 bits per heavy atom. The SMILES string of the molecule is CC(C)=CCN1CC(C(C)C)NCC1Cc1ccccc1. The third-order valence-corrected chi connectivity index (χ3v) is 4.42. The van der Waals surface area contributed by atoms with Crippen molar-refractivity contribution in [2.75, 3.05) is 19.6 Å². The molecule has 2 rings (SSSR count). The molecule has 21 heavy (non-hydrogen) atoms. The van der Waals surface area contributed by atoms with Gasteiger partial charge in [0.15, 0.2) is 0 Å². The first-order valence-electron chi connectivity index (χ1n) is 8.21. The zero-order valence-electron chi connectivity index (χ0n) is 14.0. The van der Waals surface area contributed by atoms with Crippen molar-refractivity contribution < 1.29 is 0 Å². The van der Waals surface area contributed by atoms with Crippen LogP contribution in [0.2, 0.25) is 0 Å². The lowest BCUT2D eigenvalue weighted by Gasteiger charge is -2.41. The van der Waals surface area contributed by atoms with Gasteiger partial charge < -0.3 is 5.32 Å². The maximum atomic E-state index is 3.74. The van der Waals surface area contributed by atoms with E-state index >= 15 is 0 Å². The number of nitrogens with one attached hydrogen (secondary N) is 1. The van der Waals surface area contributed by atoms with Gasteiger partial charge in [-0.05, 0) is 31.7 Å².